The first-order chi connectivity index (χ1) is 8.69. The summed E-state index contributed by atoms with van der Waals surface area (Å²) in [7, 11) is 2.16. The molecule has 0 aliphatic carbocycles. The van der Waals surface area contributed by atoms with Gasteiger partial charge in [0.2, 0.25) is 5.91 Å². The van der Waals surface area contributed by atoms with Crippen LogP contribution in [0, 0.1) is 0 Å². The Hall–Kier alpha value is -0.650. The Morgan fingerprint density at radius 1 is 1.28 bits per heavy atom. The molecule has 2 heterocycles. The maximum atomic E-state index is 11.5. The van der Waals surface area contributed by atoms with Gasteiger partial charge in [0.15, 0.2) is 0 Å². The molecule has 0 aromatic carbocycles. The summed E-state index contributed by atoms with van der Waals surface area (Å²) in [6, 6.07) is 0. The highest BCUT2D eigenvalue weighted by Crippen LogP contribution is 2.13. The van der Waals surface area contributed by atoms with Crippen molar-refractivity contribution in [3.8, 4) is 0 Å². The predicted molar refractivity (Wildman–Crippen MR) is 70.5 cm³/mol. The van der Waals surface area contributed by atoms with E-state index < -0.39 is 0 Å². The van der Waals surface area contributed by atoms with Gasteiger partial charge in [-0.05, 0) is 14.0 Å². The molecule has 2 aliphatic rings. The van der Waals surface area contributed by atoms with Crippen LogP contribution in [0.15, 0.2) is 0 Å². The van der Waals surface area contributed by atoms with Crippen molar-refractivity contribution in [1.82, 2.24) is 14.7 Å². The lowest BCUT2D eigenvalue weighted by Gasteiger charge is -2.32. The van der Waals surface area contributed by atoms with E-state index in [0.717, 1.165) is 52.4 Å². The van der Waals surface area contributed by atoms with Gasteiger partial charge < -0.3 is 14.5 Å². The lowest BCUT2D eigenvalue weighted by Crippen LogP contribution is -2.45. The average molecular weight is 255 g/mol. The van der Waals surface area contributed by atoms with Gasteiger partial charge in [0.05, 0.1) is 19.1 Å². The molecule has 104 valence electrons. The Kier molecular flexibility index (Phi) is 4.97. The fraction of sp³-hybridized carbons (Fsp3) is 0.923. The maximum Gasteiger partial charge on any atom is 0.225 e. The molecule has 0 aromatic rings. The van der Waals surface area contributed by atoms with Gasteiger partial charge in [-0.2, -0.15) is 0 Å². The Balaban J connectivity index is 1.60. The van der Waals surface area contributed by atoms with Crippen molar-refractivity contribution in [2.24, 2.45) is 0 Å². The number of nitrogens with zero attached hydrogens (tertiary/aromatic N) is 3. The van der Waals surface area contributed by atoms with Gasteiger partial charge in [-0.3, -0.25) is 9.69 Å². The first kappa shape index (κ1) is 13.8. The summed E-state index contributed by atoms with van der Waals surface area (Å²) >= 11 is 0. The molecule has 0 saturated carbocycles. The fourth-order valence-corrected chi connectivity index (χ4v) is 2.57. The van der Waals surface area contributed by atoms with Gasteiger partial charge in [-0.1, -0.05) is 0 Å². The summed E-state index contributed by atoms with van der Waals surface area (Å²) in [6.07, 6.45) is 0.682. The number of piperazine rings is 1. The van der Waals surface area contributed by atoms with Crippen molar-refractivity contribution in [2.45, 2.75) is 19.4 Å². The number of ether oxygens (including phenoxy) is 1. The van der Waals surface area contributed by atoms with E-state index in [-0.39, 0.29) is 12.0 Å². The lowest BCUT2D eigenvalue weighted by atomic mass is 10.3. The van der Waals surface area contributed by atoms with E-state index in [1.807, 2.05) is 11.8 Å². The molecule has 0 spiro atoms. The molecule has 5 nitrogen and oxygen atoms in total. The van der Waals surface area contributed by atoms with Crippen molar-refractivity contribution in [3.05, 3.63) is 0 Å². The Morgan fingerprint density at radius 2 is 2.00 bits per heavy atom. The highest BCUT2D eigenvalue weighted by atomic mass is 16.5. The van der Waals surface area contributed by atoms with Crippen molar-refractivity contribution in [3.63, 3.8) is 0 Å². The van der Waals surface area contributed by atoms with E-state index in [1.165, 1.54) is 0 Å². The minimum Gasteiger partial charge on any atom is -0.375 e. The molecule has 2 fully saturated rings. The zero-order valence-electron chi connectivity index (χ0n) is 11.6. The molecule has 5 heteroatoms. The van der Waals surface area contributed by atoms with E-state index in [1.54, 1.807) is 0 Å². The second-order valence-electron chi connectivity index (χ2n) is 5.27. The summed E-state index contributed by atoms with van der Waals surface area (Å²) < 4.78 is 5.82. The Labute approximate surface area is 110 Å². The van der Waals surface area contributed by atoms with E-state index >= 15 is 0 Å². The quantitative estimate of drug-likeness (QED) is 0.686. The number of likely N-dealkylation sites (N-methyl/N-ethyl adjacent to an activating group) is 2. The number of rotatable bonds is 5. The number of carbonyl (C=O) groups excluding carboxylic acids is 1. The topological polar surface area (TPSA) is 36.0 Å². The average Bonchev–Trinajstić information content (AvgIpc) is 2.72. The summed E-state index contributed by atoms with van der Waals surface area (Å²) in [6.45, 7) is 9.88. The van der Waals surface area contributed by atoms with Gasteiger partial charge in [-0.25, -0.2) is 0 Å². The smallest absolute Gasteiger partial charge is 0.225 e. The molecule has 2 saturated heterocycles. The number of hydrogen-bond acceptors (Lipinski definition) is 4. The zero-order valence-corrected chi connectivity index (χ0v) is 11.6. The maximum absolute atomic E-state index is 11.5. The molecule has 0 aromatic heterocycles. The van der Waals surface area contributed by atoms with Crippen LogP contribution in [-0.4, -0.2) is 86.2 Å². The van der Waals surface area contributed by atoms with Crippen LogP contribution in [0.4, 0.5) is 0 Å². The third-order valence-electron chi connectivity index (χ3n) is 3.92. The molecule has 1 atom stereocenters. The van der Waals surface area contributed by atoms with Crippen LogP contribution in [-0.2, 0) is 9.53 Å². The van der Waals surface area contributed by atoms with Crippen LogP contribution >= 0.6 is 0 Å². The molecule has 2 rings (SSSR count). The summed E-state index contributed by atoms with van der Waals surface area (Å²) in [5.74, 6) is 0.238. The molecule has 1 amide bonds. The number of likely N-dealkylation sites (tertiary alicyclic amines) is 1. The minimum absolute atomic E-state index is 0.116. The van der Waals surface area contributed by atoms with Crippen LogP contribution in [0.3, 0.4) is 0 Å². The van der Waals surface area contributed by atoms with Crippen LogP contribution in [0.2, 0.25) is 0 Å². The third kappa shape index (κ3) is 3.67. The van der Waals surface area contributed by atoms with Gasteiger partial charge in [-0.15, -0.1) is 0 Å². The first-order valence-electron chi connectivity index (χ1n) is 6.99. The van der Waals surface area contributed by atoms with Crippen molar-refractivity contribution < 1.29 is 9.53 Å². The van der Waals surface area contributed by atoms with Crippen LogP contribution < -0.4 is 0 Å². The van der Waals surface area contributed by atoms with Gasteiger partial charge in [0.1, 0.15) is 0 Å². The molecule has 0 radical (unpaired) electrons. The largest absolute Gasteiger partial charge is 0.375 e. The van der Waals surface area contributed by atoms with E-state index in [9.17, 15) is 4.79 Å². The van der Waals surface area contributed by atoms with Crippen LogP contribution in [0.1, 0.15) is 13.3 Å². The van der Waals surface area contributed by atoms with Crippen LogP contribution in [0.5, 0.6) is 0 Å². The second kappa shape index (κ2) is 6.50. The fourth-order valence-electron chi connectivity index (χ4n) is 2.57. The molecule has 0 bridgehead atoms. The Bertz CT molecular complexity index is 277. The standard InChI is InChI=1S/C13H25N3O2/c1-3-16-11-12(10-13(16)17)18-9-8-15-6-4-14(2)5-7-15/h12H,3-11H2,1-2H3. The van der Waals surface area contributed by atoms with E-state index in [2.05, 4.69) is 16.8 Å². The van der Waals surface area contributed by atoms with E-state index in [0.29, 0.717) is 6.42 Å². The molecule has 1 unspecified atom stereocenters. The lowest BCUT2D eigenvalue weighted by molar-refractivity contribution is -0.127. The molecule has 18 heavy (non-hydrogen) atoms. The van der Waals surface area contributed by atoms with Gasteiger partial charge >= 0.3 is 0 Å². The molecular formula is C13H25N3O2. The predicted octanol–water partition coefficient (Wildman–Crippen LogP) is -0.129. The highest BCUT2D eigenvalue weighted by molar-refractivity contribution is 5.78. The zero-order chi connectivity index (χ0) is 13.0. The summed E-state index contributed by atoms with van der Waals surface area (Å²) in [5.41, 5.74) is 0. The third-order valence-corrected chi connectivity index (χ3v) is 3.92. The highest BCUT2D eigenvalue weighted by Gasteiger charge is 2.28. The SMILES string of the molecule is CCN1CC(OCCN2CCN(C)CC2)CC1=O. The molecule has 0 N–H and O–H groups in total. The first-order valence-corrected chi connectivity index (χ1v) is 6.99. The minimum atomic E-state index is 0.116. The van der Waals surface area contributed by atoms with Crippen molar-refractivity contribution >= 4 is 5.91 Å². The number of hydrogen-bond donors (Lipinski definition) is 0. The molecule has 2 aliphatic heterocycles. The van der Waals surface area contributed by atoms with Crippen molar-refractivity contribution in [2.75, 3.05) is 59.5 Å². The van der Waals surface area contributed by atoms with E-state index in [4.69, 9.17) is 4.74 Å². The normalized spacial score (nSPS) is 27.1. The number of amides is 1. The van der Waals surface area contributed by atoms with Crippen LogP contribution in [0.25, 0.3) is 0 Å². The molecular weight excluding hydrogens is 230 g/mol. The number of carbonyl (C=O) groups is 1. The van der Waals surface area contributed by atoms with Gasteiger partial charge in [0.25, 0.3) is 0 Å². The summed E-state index contributed by atoms with van der Waals surface area (Å²) in [4.78, 5) is 18.2. The van der Waals surface area contributed by atoms with Gasteiger partial charge in [0, 0.05) is 45.8 Å². The second-order valence-corrected chi connectivity index (χ2v) is 5.27. The summed E-state index contributed by atoms with van der Waals surface area (Å²) in [5, 5.41) is 0. The van der Waals surface area contributed by atoms with Crippen molar-refractivity contribution in [1.29, 1.82) is 0 Å². The monoisotopic (exact) mass is 255 g/mol. The Morgan fingerprint density at radius 3 is 2.61 bits per heavy atom.